The van der Waals surface area contributed by atoms with Crippen LogP contribution < -0.4 is 5.32 Å². The molecule has 9 nitrogen and oxygen atoms in total. The van der Waals surface area contributed by atoms with Gasteiger partial charge in [-0.15, -0.1) is 0 Å². The number of hydrogen-bond acceptors (Lipinski definition) is 8. The smallest absolute Gasteiger partial charge is 0.299 e. The summed E-state index contributed by atoms with van der Waals surface area (Å²) >= 11 is 6.19. The first kappa shape index (κ1) is 15.1. The molecule has 1 aliphatic rings. The molecule has 1 N–H and O–H groups in total. The Hall–Kier alpha value is -2.27. The van der Waals surface area contributed by atoms with Crippen molar-refractivity contribution >= 4 is 51.3 Å². The molecular formula is C10H8N4O5S2. The van der Waals surface area contributed by atoms with Crippen molar-refractivity contribution in [2.75, 3.05) is 17.7 Å². The minimum absolute atomic E-state index is 0.0245. The minimum Gasteiger partial charge on any atom is -0.362 e. The molecule has 0 unspecified atom stereocenters. The molecule has 0 radical (unpaired) electrons. The first-order valence-electron chi connectivity index (χ1n) is 5.54. The monoisotopic (exact) mass is 328 g/mol. The van der Waals surface area contributed by atoms with Gasteiger partial charge in [-0.25, -0.2) is 0 Å². The molecule has 1 amide bonds. The number of thiocarbonyl (C=S) groups is 1. The van der Waals surface area contributed by atoms with Gasteiger partial charge in [-0.05, 0) is 6.07 Å². The first-order chi connectivity index (χ1) is 9.90. The van der Waals surface area contributed by atoms with Crippen LogP contribution in [0.5, 0.6) is 0 Å². The van der Waals surface area contributed by atoms with Gasteiger partial charge in [0.2, 0.25) is 5.91 Å². The van der Waals surface area contributed by atoms with E-state index in [-0.39, 0.29) is 29.7 Å². The molecule has 0 saturated carbocycles. The Kier molecular flexibility index (Phi) is 4.33. The number of amides is 1. The van der Waals surface area contributed by atoms with Crippen LogP contribution in [0.25, 0.3) is 0 Å². The molecule has 0 bridgehead atoms. The number of nitrogens with zero attached hydrogens (tertiary/aromatic N) is 3. The van der Waals surface area contributed by atoms with Crippen LogP contribution in [0, 0.1) is 20.2 Å². The lowest BCUT2D eigenvalue weighted by Gasteiger charge is -2.16. The third-order valence-corrected chi connectivity index (χ3v) is 4.09. The Morgan fingerprint density at radius 1 is 1.33 bits per heavy atom. The number of nitro benzene ring substituents is 2. The lowest BCUT2D eigenvalue weighted by molar-refractivity contribution is -0.393. The fourth-order valence-corrected chi connectivity index (χ4v) is 2.70. The number of thioether (sulfide) groups is 1. The number of anilines is 1. The molecule has 0 atom stereocenters. The number of non-ortho nitro benzene ring substituents is 1. The number of carbonyl (C=O) groups is 1. The van der Waals surface area contributed by atoms with Gasteiger partial charge in [0, 0.05) is 6.07 Å². The highest BCUT2D eigenvalue weighted by molar-refractivity contribution is 8.23. The largest absolute Gasteiger partial charge is 0.362 e. The van der Waals surface area contributed by atoms with E-state index in [4.69, 9.17) is 12.2 Å². The van der Waals surface area contributed by atoms with Gasteiger partial charge in [-0.3, -0.25) is 29.9 Å². The van der Waals surface area contributed by atoms with E-state index in [1.54, 1.807) is 0 Å². The molecule has 1 fully saturated rings. The molecule has 1 heterocycles. The van der Waals surface area contributed by atoms with Crippen molar-refractivity contribution in [3.8, 4) is 0 Å². The van der Waals surface area contributed by atoms with Gasteiger partial charge in [-0.1, -0.05) is 24.0 Å². The summed E-state index contributed by atoms with van der Waals surface area (Å²) in [5, 5.41) is 24.3. The van der Waals surface area contributed by atoms with E-state index >= 15 is 0 Å². The summed E-state index contributed by atoms with van der Waals surface area (Å²) in [6.45, 7) is -0.0245. The quantitative estimate of drug-likeness (QED) is 0.493. The number of benzene rings is 1. The summed E-state index contributed by atoms with van der Waals surface area (Å²) in [5.41, 5.74) is -0.733. The predicted octanol–water partition coefficient (Wildman–Crippen LogP) is 1.73. The summed E-state index contributed by atoms with van der Waals surface area (Å²) in [6, 6.07) is 3.24. The van der Waals surface area contributed by atoms with E-state index in [1.165, 1.54) is 22.7 Å². The SMILES string of the molecule is O=C1CSC(=S)N1CNc1ccc([N+](=O)[O-])cc1[N+](=O)[O-]. The van der Waals surface area contributed by atoms with E-state index in [1.807, 2.05) is 0 Å². The summed E-state index contributed by atoms with van der Waals surface area (Å²) in [7, 11) is 0. The number of carbonyl (C=O) groups excluding carboxylic acids is 1. The van der Waals surface area contributed by atoms with Crippen LogP contribution in [-0.4, -0.2) is 37.4 Å². The second-order valence-electron chi connectivity index (χ2n) is 3.93. The average molecular weight is 328 g/mol. The number of nitro groups is 2. The fraction of sp³-hybridized carbons (Fsp3) is 0.200. The molecule has 1 aliphatic heterocycles. The van der Waals surface area contributed by atoms with Crippen LogP contribution in [0.3, 0.4) is 0 Å². The maximum atomic E-state index is 11.5. The highest BCUT2D eigenvalue weighted by Gasteiger charge is 2.27. The summed E-state index contributed by atoms with van der Waals surface area (Å²) < 4.78 is 0.386. The minimum atomic E-state index is -0.728. The van der Waals surface area contributed by atoms with E-state index in [2.05, 4.69) is 5.32 Å². The van der Waals surface area contributed by atoms with Crippen molar-refractivity contribution < 1.29 is 14.6 Å². The van der Waals surface area contributed by atoms with Gasteiger partial charge in [0.1, 0.15) is 10.0 Å². The van der Waals surface area contributed by atoms with Crippen LogP contribution >= 0.6 is 24.0 Å². The Morgan fingerprint density at radius 3 is 2.57 bits per heavy atom. The molecule has 1 saturated heterocycles. The lowest BCUT2D eigenvalue weighted by atomic mass is 10.2. The van der Waals surface area contributed by atoms with E-state index in [0.29, 0.717) is 4.32 Å². The Morgan fingerprint density at radius 2 is 2.05 bits per heavy atom. The van der Waals surface area contributed by atoms with Gasteiger partial charge in [0.05, 0.1) is 28.3 Å². The normalized spacial score (nSPS) is 14.4. The maximum absolute atomic E-state index is 11.5. The van der Waals surface area contributed by atoms with Crippen molar-refractivity contribution in [3.63, 3.8) is 0 Å². The first-order valence-corrected chi connectivity index (χ1v) is 6.93. The zero-order valence-electron chi connectivity index (χ0n) is 10.3. The molecule has 1 aromatic carbocycles. The molecule has 0 aromatic heterocycles. The molecule has 11 heteroatoms. The highest BCUT2D eigenvalue weighted by Crippen LogP contribution is 2.29. The third kappa shape index (κ3) is 3.25. The summed E-state index contributed by atoms with van der Waals surface area (Å²) in [6.07, 6.45) is 0. The van der Waals surface area contributed by atoms with Gasteiger partial charge in [0.15, 0.2) is 0 Å². The van der Waals surface area contributed by atoms with Crippen molar-refractivity contribution in [2.45, 2.75) is 0 Å². The zero-order chi connectivity index (χ0) is 15.6. The van der Waals surface area contributed by atoms with Crippen LogP contribution in [0.2, 0.25) is 0 Å². The van der Waals surface area contributed by atoms with Crippen molar-refractivity contribution in [1.29, 1.82) is 0 Å². The van der Waals surface area contributed by atoms with Crippen molar-refractivity contribution in [2.24, 2.45) is 0 Å². The van der Waals surface area contributed by atoms with Gasteiger partial charge in [-0.2, -0.15) is 0 Å². The zero-order valence-corrected chi connectivity index (χ0v) is 12.0. The molecule has 0 aliphatic carbocycles. The van der Waals surface area contributed by atoms with Crippen LogP contribution in [0.15, 0.2) is 18.2 Å². The molecule has 110 valence electrons. The van der Waals surface area contributed by atoms with Gasteiger partial charge in [0.25, 0.3) is 11.4 Å². The average Bonchev–Trinajstić information content (AvgIpc) is 2.75. The van der Waals surface area contributed by atoms with Gasteiger partial charge >= 0.3 is 0 Å². The van der Waals surface area contributed by atoms with Crippen LogP contribution in [-0.2, 0) is 4.79 Å². The lowest BCUT2D eigenvalue weighted by Crippen LogP contribution is -2.33. The number of hydrogen-bond donors (Lipinski definition) is 1. The van der Waals surface area contributed by atoms with Crippen LogP contribution in [0.1, 0.15) is 0 Å². The van der Waals surface area contributed by atoms with Crippen LogP contribution in [0.4, 0.5) is 17.1 Å². The standard InChI is InChI=1S/C10H8N4O5S2/c15-9-4-21-10(20)12(9)5-11-7-2-1-6(13(16)17)3-8(7)14(18)19/h1-3,11H,4-5H2. The van der Waals surface area contributed by atoms with E-state index < -0.39 is 15.5 Å². The topological polar surface area (TPSA) is 119 Å². The predicted molar refractivity (Wildman–Crippen MR) is 80.1 cm³/mol. The van der Waals surface area contributed by atoms with E-state index in [0.717, 1.165) is 12.1 Å². The fourth-order valence-electron chi connectivity index (χ4n) is 1.63. The summed E-state index contributed by atoms with van der Waals surface area (Å²) in [5.74, 6) is 0.0464. The van der Waals surface area contributed by atoms with E-state index in [9.17, 15) is 25.0 Å². The highest BCUT2D eigenvalue weighted by atomic mass is 32.2. The van der Waals surface area contributed by atoms with Gasteiger partial charge < -0.3 is 5.32 Å². The second kappa shape index (κ2) is 6.01. The Bertz CT molecular complexity index is 634. The van der Waals surface area contributed by atoms with Crippen molar-refractivity contribution in [3.05, 3.63) is 38.4 Å². The number of rotatable bonds is 5. The molecule has 1 aromatic rings. The Labute approximate surface area is 127 Å². The maximum Gasteiger partial charge on any atom is 0.299 e. The second-order valence-corrected chi connectivity index (χ2v) is 5.54. The van der Waals surface area contributed by atoms with Crippen molar-refractivity contribution in [1.82, 2.24) is 4.90 Å². The molecular weight excluding hydrogens is 320 g/mol. The third-order valence-electron chi connectivity index (χ3n) is 2.66. The Balaban J connectivity index is 2.19. The molecule has 21 heavy (non-hydrogen) atoms. The molecule has 0 spiro atoms. The molecule has 2 rings (SSSR count). The number of nitrogens with one attached hydrogen (secondary N) is 1. The summed E-state index contributed by atoms with van der Waals surface area (Å²) in [4.78, 5) is 32.9.